The molecule has 0 saturated heterocycles. The highest BCUT2D eigenvalue weighted by molar-refractivity contribution is 5.66. The Hall–Kier alpha value is -1.18. The number of aliphatic hydroxyl groups is 3. The molecular formula is C49H100O7. The molecule has 0 spiro atoms. The Morgan fingerprint density at radius 2 is 0.679 bits per heavy atom. The number of rotatable bonds is 42. The second-order valence-electron chi connectivity index (χ2n) is 17.0. The summed E-state index contributed by atoms with van der Waals surface area (Å²) in [5.74, 6) is -1.23. The number of unbranched alkanes of at least 4 members (excludes halogenated alkanes) is 30. The maximum absolute atomic E-state index is 10.7. The van der Waals surface area contributed by atoms with Crippen molar-refractivity contribution in [3.8, 4) is 0 Å². The topological polar surface area (TPSA) is 135 Å². The van der Waals surface area contributed by atoms with Crippen LogP contribution >= 0.6 is 0 Å². The minimum absolute atomic E-state index is 0.0981. The van der Waals surface area contributed by atoms with E-state index in [4.69, 9.17) is 20.4 Å². The molecule has 0 saturated carbocycles. The van der Waals surface area contributed by atoms with Crippen LogP contribution in [0.3, 0.4) is 0 Å². The number of aliphatic hydroxyl groups excluding tert-OH is 3. The van der Waals surface area contributed by atoms with Crippen molar-refractivity contribution in [2.75, 3.05) is 6.61 Å². The number of hydrogen-bond donors (Lipinski definition) is 5. The quantitative estimate of drug-likeness (QED) is 0.0388. The maximum atomic E-state index is 10.7. The SMILES string of the molecule is CCCCCCCCCCCCC(C)O.CCCCCCCCCCCCCC(=O)O.CCCCCCCCCCCCCCC(CCC(=O)O)CC(O)CO. The number of carbonyl (C=O) groups is 2. The molecule has 3 unspecified atom stereocenters. The highest BCUT2D eigenvalue weighted by Crippen LogP contribution is 2.22. The van der Waals surface area contributed by atoms with Gasteiger partial charge in [-0.05, 0) is 38.5 Å². The molecule has 0 aliphatic rings. The average molecular weight is 801 g/mol. The van der Waals surface area contributed by atoms with E-state index >= 15 is 0 Å². The molecule has 0 amide bonds. The Labute approximate surface area is 349 Å². The van der Waals surface area contributed by atoms with E-state index in [0.29, 0.717) is 19.3 Å². The Morgan fingerprint density at radius 3 is 0.964 bits per heavy atom. The van der Waals surface area contributed by atoms with Crippen molar-refractivity contribution in [3.05, 3.63) is 0 Å². The van der Waals surface area contributed by atoms with Crippen molar-refractivity contribution >= 4 is 11.9 Å². The zero-order valence-electron chi connectivity index (χ0n) is 38.1. The van der Waals surface area contributed by atoms with E-state index in [2.05, 4.69) is 20.8 Å². The summed E-state index contributed by atoms with van der Waals surface area (Å²) in [7, 11) is 0. The van der Waals surface area contributed by atoms with Gasteiger partial charge in [-0.15, -0.1) is 0 Å². The van der Waals surface area contributed by atoms with Crippen LogP contribution in [-0.2, 0) is 9.59 Å². The molecule has 0 aromatic heterocycles. The highest BCUT2D eigenvalue weighted by Gasteiger charge is 2.15. The number of carboxylic acids is 2. The molecule has 56 heavy (non-hydrogen) atoms. The third-order valence-electron chi connectivity index (χ3n) is 11.0. The van der Waals surface area contributed by atoms with Gasteiger partial charge in [0, 0.05) is 12.8 Å². The van der Waals surface area contributed by atoms with Gasteiger partial charge in [-0.25, -0.2) is 0 Å². The fourth-order valence-corrected chi connectivity index (χ4v) is 7.31. The number of carboxylic acid groups (broad SMARTS) is 2. The van der Waals surface area contributed by atoms with E-state index in [1.54, 1.807) is 0 Å². The van der Waals surface area contributed by atoms with Crippen molar-refractivity contribution in [1.82, 2.24) is 0 Å². The summed E-state index contributed by atoms with van der Waals surface area (Å²) in [6.07, 6.45) is 46.3. The molecule has 0 aromatic rings. The molecule has 0 bridgehead atoms. The summed E-state index contributed by atoms with van der Waals surface area (Å²) in [5.41, 5.74) is 0. The predicted molar refractivity (Wildman–Crippen MR) is 241 cm³/mol. The van der Waals surface area contributed by atoms with Gasteiger partial charge in [0.25, 0.3) is 0 Å². The second kappa shape index (κ2) is 51.8. The maximum Gasteiger partial charge on any atom is 0.303 e. The van der Waals surface area contributed by atoms with Gasteiger partial charge in [0.1, 0.15) is 0 Å². The van der Waals surface area contributed by atoms with Crippen molar-refractivity contribution in [2.45, 2.75) is 290 Å². The highest BCUT2D eigenvalue weighted by atomic mass is 16.4. The molecule has 0 aliphatic carbocycles. The summed E-state index contributed by atoms with van der Waals surface area (Å²) in [6.45, 7) is 8.41. The van der Waals surface area contributed by atoms with Crippen LogP contribution < -0.4 is 0 Å². The molecule has 0 fully saturated rings. The Morgan fingerprint density at radius 1 is 0.393 bits per heavy atom. The number of hydrogen-bond acceptors (Lipinski definition) is 5. The lowest BCUT2D eigenvalue weighted by atomic mass is 9.90. The Kier molecular flexibility index (Phi) is 54.7. The van der Waals surface area contributed by atoms with Crippen LogP contribution in [-0.4, -0.2) is 56.3 Å². The van der Waals surface area contributed by atoms with Crippen molar-refractivity contribution < 1.29 is 35.1 Å². The summed E-state index contributed by atoms with van der Waals surface area (Å²) < 4.78 is 0. The van der Waals surface area contributed by atoms with Crippen LogP contribution in [0.4, 0.5) is 0 Å². The molecule has 0 aliphatic heterocycles. The molecular weight excluding hydrogens is 701 g/mol. The van der Waals surface area contributed by atoms with Gasteiger partial charge in [0.15, 0.2) is 0 Å². The third kappa shape index (κ3) is 59.5. The minimum atomic E-state index is -0.779. The normalized spacial score (nSPS) is 12.6. The standard InChI is InChI=1S/C21H42O4.C14H28O2.C14H30O/c1-2-3-4-5-6-7-8-9-10-11-12-13-14-19(15-16-21(24)25)17-20(23)18-22;1-2-3-4-5-6-7-8-9-10-11-12-13-14(15)16;1-3-4-5-6-7-8-9-10-11-12-13-14(2)15/h19-20,22-23H,2-18H2,1H3,(H,24,25);2-13H2,1H3,(H,15,16);14-15H,3-13H2,1-2H3. The molecule has 5 N–H and O–H groups in total. The van der Waals surface area contributed by atoms with E-state index in [9.17, 15) is 14.7 Å². The first-order valence-corrected chi connectivity index (χ1v) is 24.5. The summed E-state index contributed by atoms with van der Waals surface area (Å²) in [4.78, 5) is 21.0. The third-order valence-corrected chi connectivity index (χ3v) is 11.0. The minimum Gasteiger partial charge on any atom is -0.481 e. The first kappa shape index (κ1) is 59.1. The first-order chi connectivity index (χ1) is 27.1. The summed E-state index contributed by atoms with van der Waals surface area (Å²) in [6, 6.07) is 0. The van der Waals surface area contributed by atoms with Gasteiger partial charge in [0.05, 0.1) is 18.8 Å². The van der Waals surface area contributed by atoms with Crippen LogP contribution in [0.5, 0.6) is 0 Å². The fourth-order valence-electron chi connectivity index (χ4n) is 7.31. The van der Waals surface area contributed by atoms with Crippen LogP contribution in [0.1, 0.15) is 278 Å². The van der Waals surface area contributed by atoms with Gasteiger partial charge >= 0.3 is 11.9 Å². The molecule has 0 radical (unpaired) electrons. The molecule has 7 nitrogen and oxygen atoms in total. The fraction of sp³-hybridized carbons (Fsp3) is 0.959. The Balaban J connectivity index is -0.000000790. The van der Waals surface area contributed by atoms with Crippen LogP contribution in [0.15, 0.2) is 0 Å². The van der Waals surface area contributed by atoms with Gasteiger partial charge in [0.2, 0.25) is 0 Å². The molecule has 0 aromatic carbocycles. The zero-order valence-corrected chi connectivity index (χ0v) is 38.1. The largest absolute Gasteiger partial charge is 0.481 e. The molecule has 338 valence electrons. The van der Waals surface area contributed by atoms with E-state index in [0.717, 1.165) is 32.1 Å². The monoisotopic (exact) mass is 801 g/mol. The number of aliphatic carboxylic acids is 2. The molecule has 0 heterocycles. The summed E-state index contributed by atoms with van der Waals surface area (Å²) in [5, 5.41) is 44.9. The first-order valence-electron chi connectivity index (χ1n) is 24.5. The van der Waals surface area contributed by atoms with E-state index in [1.165, 1.54) is 193 Å². The lowest BCUT2D eigenvalue weighted by Gasteiger charge is -2.18. The molecule has 0 rings (SSSR count). The Bertz CT molecular complexity index is 744. The van der Waals surface area contributed by atoms with Crippen molar-refractivity contribution in [1.29, 1.82) is 0 Å². The van der Waals surface area contributed by atoms with Gasteiger partial charge < -0.3 is 25.5 Å². The van der Waals surface area contributed by atoms with E-state index < -0.39 is 18.0 Å². The smallest absolute Gasteiger partial charge is 0.303 e. The van der Waals surface area contributed by atoms with E-state index in [-0.39, 0.29) is 25.0 Å². The van der Waals surface area contributed by atoms with Gasteiger partial charge in [-0.3, -0.25) is 9.59 Å². The van der Waals surface area contributed by atoms with Crippen LogP contribution in [0.2, 0.25) is 0 Å². The molecule has 3 atom stereocenters. The predicted octanol–water partition coefficient (Wildman–Crippen LogP) is 14.8. The molecule has 7 heteroatoms. The lowest BCUT2D eigenvalue weighted by molar-refractivity contribution is -0.138. The van der Waals surface area contributed by atoms with Gasteiger partial charge in [-0.1, -0.05) is 233 Å². The summed E-state index contributed by atoms with van der Waals surface area (Å²) >= 11 is 0. The lowest BCUT2D eigenvalue weighted by Crippen LogP contribution is -2.18. The van der Waals surface area contributed by atoms with E-state index in [1.807, 2.05) is 6.92 Å². The second-order valence-corrected chi connectivity index (χ2v) is 17.0. The average Bonchev–Trinajstić information content (AvgIpc) is 3.17. The van der Waals surface area contributed by atoms with Gasteiger partial charge in [-0.2, -0.15) is 0 Å². The van der Waals surface area contributed by atoms with Crippen molar-refractivity contribution in [2.24, 2.45) is 5.92 Å². The van der Waals surface area contributed by atoms with Crippen molar-refractivity contribution in [3.63, 3.8) is 0 Å². The van der Waals surface area contributed by atoms with Crippen LogP contribution in [0.25, 0.3) is 0 Å². The zero-order chi connectivity index (χ0) is 42.2. The van der Waals surface area contributed by atoms with Crippen LogP contribution in [0, 0.1) is 5.92 Å².